The largest absolute Gasteiger partial charge is 0.284 e. The van der Waals surface area contributed by atoms with E-state index >= 15 is 0 Å². The topological polar surface area (TPSA) is 88.7 Å². The molecule has 132 valence electrons. The molecular formula is C19H12N4O3S. The average molecular weight is 376 g/mol. The number of anilines is 1. The molecule has 27 heavy (non-hydrogen) atoms. The van der Waals surface area contributed by atoms with Crippen molar-refractivity contribution in [2.45, 2.75) is 0 Å². The quantitative estimate of drug-likeness (QED) is 0.393. The SMILES string of the molecule is O=C1C(=Cc2ccccc2[N+](=O)[O-])N=C(c2ccccc2)N1c1nccs1. The van der Waals surface area contributed by atoms with Crippen molar-refractivity contribution in [3.05, 3.63) is 93.1 Å². The molecule has 1 aliphatic rings. The van der Waals surface area contributed by atoms with Crippen LogP contribution < -0.4 is 4.90 Å². The van der Waals surface area contributed by atoms with Gasteiger partial charge in [-0.05, 0) is 12.1 Å². The lowest BCUT2D eigenvalue weighted by atomic mass is 10.1. The van der Waals surface area contributed by atoms with Gasteiger partial charge in [-0.3, -0.25) is 14.9 Å². The highest BCUT2D eigenvalue weighted by Crippen LogP contribution is 2.30. The second kappa shape index (κ2) is 6.93. The maximum absolute atomic E-state index is 13.0. The van der Waals surface area contributed by atoms with E-state index in [9.17, 15) is 14.9 Å². The number of rotatable bonds is 4. The van der Waals surface area contributed by atoms with Crippen LogP contribution in [0.15, 0.2) is 76.9 Å². The van der Waals surface area contributed by atoms with Crippen molar-refractivity contribution in [3.8, 4) is 0 Å². The third-order valence-corrected chi connectivity index (χ3v) is 4.69. The number of carbonyl (C=O) groups excluding carboxylic acids is 1. The highest BCUT2D eigenvalue weighted by molar-refractivity contribution is 7.14. The third kappa shape index (κ3) is 3.13. The van der Waals surface area contributed by atoms with Gasteiger partial charge < -0.3 is 0 Å². The lowest BCUT2D eigenvalue weighted by Crippen LogP contribution is -2.32. The Morgan fingerprint density at radius 1 is 1.07 bits per heavy atom. The van der Waals surface area contributed by atoms with Gasteiger partial charge in [-0.15, -0.1) is 11.3 Å². The van der Waals surface area contributed by atoms with Crippen LogP contribution in [0.3, 0.4) is 0 Å². The van der Waals surface area contributed by atoms with Crippen molar-refractivity contribution >= 4 is 40.0 Å². The van der Waals surface area contributed by atoms with E-state index in [1.165, 1.54) is 28.4 Å². The molecule has 0 saturated heterocycles. The number of nitro groups is 1. The predicted octanol–water partition coefficient (Wildman–Crippen LogP) is 3.89. The molecule has 0 unspecified atom stereocenters. The molecule has 7 nitrogen and oxygen atoms in total. The zero-order valence-electron chi connectivity index (χ0n) is 13.9. The number of aromatic nitrogens is 1. The number of nitro benzene ring substituents is 1. The zero-order chi connectivity index (χ0) is 18.8. The number of amides is 1. The van der Waals surface area contributed by atoms with Gasteiger partial charge in [-0.25, -0.2) is 14.9 Å². The fourth-order valence-corrected chi connectivity index (χ4v) is 3.36. The standard InChI is InChI=1S/C19H12N4O3S/c24-18-15(12-14-8-4-5-9-16(14)23(25)26)21-17(13-6-2-1-3-7-13)22(18)19-20-10-11-27-19/h1-12H. The van der Waals surface area contributed by atoms with Crippen LogP contribution in [-0.2, 0) is 4.79 Å². The number of amidine groups is 1. The van der Waals surface area contributed by atoms with E-state index in [0.717, 1.165) is 5.56 Å². The molecule has 0 saturated carbocycles. The average Bonchev–Trinajstić information content (AvgIpc) is 3.31. The fraction of sp³-hybridized carbons (Fsp3) is 0. The summed E-state index contributed by atoms with van der Waals surface area (Å²) in [6.45, 7) is 0. The van der Waals surface area contributed by atoms with Gasteiger partial charge in [-0.2, -0.15) is 0 Å². The van der Waals surface area contributed by atoms with Crippen LogP contribution >= 0.6 is 11.3 Å². The van der Waals surface area contributed by atoms with Gasteiger partial charge in [-0.1, -0.05) is 42.5 Å². The highest BCUT2D eigenvalue weighted by atomic mass is 32.1. The molecule has 3 aromatic rings. The van der Waals surface area contributed by atoms with Crippen LogP contribution in [0.1, 0.15) is 11.1 Å². The minimum atomic E-state index is -0.480. The minimum Gasteiger partial charge on any atom is -0.266 e. The van der Waals surface area contributed by atoms with Crippen molar-refractivity contribution in [1.29, 1.82) is 0 Å². The Balaban J connectivity index is 1.84. The first kappa shape index (κ1) is 16.8. The van der Waals surface area contributed by atoms with Gasteiger partial charge in [0, 0.05) is 23.2 Å². The van der Waals surface area contributed by atoms with Crippen LogP contribution in [0.25, 0.3) is 6.08 Å². The molecule has 0 fully saturated rings. The molecule has 0 atom stereocenters. The molecule has 0 aliphatic carbocycles. The lowest BCUT2D eigenvalue weighted by molar-refractivity contribution is -0.385. The number of nitrogens with zero attached hydrogens (tertiary/aromatic N) is 4. The van der Waals surface area contributed by atoms with Gasteiger partial charge in [0.25, 0.3) is 11.6 Å². The number of thiazole rings is 1. The molecule has 0 spiro atoms. The van der Waals surface area contributed by atoms with Crippen molar-refractivity contribution in [3.63, 3.8) is 0 Å². The van der Waals surface area contributed by atoms with Gasteiger partial charge in [0.05, 0.1) is 10.5 Å². The van der Waals surface area contributed by atoms with Crippen LogP contribution in [0.5, 0.6) is 0 Å². The van der Waals surface area contributed by atoms with Gasteiger partial charge in [0.1, 0.15) is 11.5 Å². The molecule has 4 rings (SSSR count). The van der Waals surface area contributed by atoms with E-state index in [4.69, 9.17) is 0 Å². The number of benzene rings is 2. The van der Waals surface area contributed by atoms with Gasteiger partial charge in [0.2, 0.25) is 0 Å². The van der Waals surface area contributed by atoms with Crippen molar-refractivity contribution in [2.24, 2.45) is 4.99 Å². The van der Waals surface area contributed by atoms with Crippen LogP contribution in [0.2, 0.25) is 0 Å². The number of carbonyl (C=O) groups is 1. The summed E-state index contributed by atoms with van der Waals surface area (Å²) in [7, 11) is 0. The lowest BCUT2D eigenvalue weighted by Gasteiger charge is -2.14. The van der Waals surface area contributed by atoms with Crippen LogP contribution in [0, 0.1) is 10.1 Å². The summed E-state index contributed by atoms with van der Waals surface area (Å²) >= 11 is 1.32. The smallest absolute Gasteiger partial charge is 0.266 e. The van der Waals surface area contributed by atoms with Crippen molar-refractivity contribution in [2.75, 3.05) is 4.90 Å². The zero-order valence-corrected chi connectivity index (χ0v) is 14.7. The van der Waals surface area contributed by atoms with Crippen molar-refractivity contribution in [1.82, 2.24) is 4.98 Å². The Kier molecular flexibility index (Phi) is 4.31. The molecule has 0 bridgehead atoms. The first-order valence-corrected chi connectivity index (χ1v) is 8.86. The summed E-state index contributed by atoms with van der Waals surface area (Å²) in [6, 6.07) is 15.5. The first-order valence-electron chi connectivity index (χ1n) is 7.98. The second-order valence-corrected chi connectivity index (χ2v) is 6.48. The minimum absolute atomic E-state index is 0.0815. The van der Waals surface area contributed by atoms with E-state index in [2.05, 4.69) is 9.98 Å². The normalized spacial score (nSPS) is 15.3. The molecular weight excluding hydrogens is 364 g/mol. The molecule has 2 heterocycles. The summed E-state index contributed by atoms with van der Waals surface area (Å²) in [5.74, 6) is 0.0716. The van der Waals surface area contributed by atoms with E-state index < -0.39 is 4.92 Å². The molecule has 0 N–H and O–H groups in total. The fourth-order valence-electron chi connectivity index (χ4n) is 2.72. The Bertz CT molecular complexity index is 1080. The third-order valence-electron chi connectivity index (χ3n) is 3.93. The Morgan fingerprint density at radius 3 is 2.52 bits per heavy atom. The van der Waals surface area contributed by atoms with E-state index in [-0.39, 0.29) is 17.3 Å². The van der Waals surface area contributed by atoms with Crippen LogP contribution in [-0.4, -0.2) is 21.7 Å². The summed E-state index contributed by atoms with van der Waals surface area (Å²) in [4.78, 5) is 33.9. The summed E-state index contributed by atoms with van der Waals surface area (Å²) in [6.07, 6.45) is 3.05. The van der Waals surface area contributed by atoms with Gasteiger partial charge in [0.15, 0.2) is 5.13 Å². The Morgan fingerprint density at radius 2 is 1.81 bits per heavy atom. The first-order chi connectivity index (χ1) is 13.1. The number of para-hydroxylation sites is 1. The maximum atomic E-state index is 13.0. The summed E-state index contributed by atoms with van der Waals surface area (Å²) in [5.41, 5.74) is 1.12. The maximum Gasteiger partial charge on any atom is 0.284 e. The van der Waals surface area contributed by atoms with E-state index in [0.29, 0.717) is 16.5 Å². The number of hydrogen-bond donors (Lipinski definition) is 0. The van der Waals surface area contributed by atoms with Crippen molar-refractivity contribution < 1.29 is 9.72 Å². The monoisotopic (exact) mass is 376 g/mol. The van der Waals surface area contributed by atoms with Crippen LogP contribution in [0.4, 0.5) is 10.8 Å². The Hall–Kier alpha value is -3.65. The van der Waals surface area contributed by atoms with E-state index in [1.807, 2.05) is 30.3 Å². The molecule has 1 aromatic heterocycles. The number of hydrogen-bond acceptors (Lipinski definition) is 6. The number of aliphatic imine (C=N–C) groups is 1. The molecule has 0 radical (unpaired) electrons. The highest BCUT2D eigenvalue weighted by Gasteiger charge is 2.34. The molecule has 8 heteroatoms. The molecule has 2 aromatic carbocycles. The summed E-state index contributed by atoms with van der Waals surface area (Å²) < 4.78 is 0. The second-order valence-electron chi connectivity index (χ2n) is 5.60. The Labute approximate surface area is 158 Å². The summed E-state index contributed by atoms with van der Waals surface area (Å²) in [5, 5.41) is 13.5. The van der Waals surface area contributed by atoms with E-state index in [1.54, 1.807) is 29.8 Å². The molecule has 1 aliphatic heterocycles. The van der Waals surface area contributed by atoms with Gasteiger partial charge >= 0.3 is 0 Å². The predicted molar refractivity (Wildman–Crippen MR) is 104 cm³/mol. The molecule has 1 amide bonds.